The zero-order chi connectivity index (χ0) is 34.1. The molecule has 3 heterocycles. The van der Waals surface area contributed by atoms with E-state index < -0.39 is 0 Å². The van der Waals surface area contributed by atoms with E-state index in [1.807, 2.05) is 37.3 Å². The van der Waals surface area contributed by atoms with E-state index in [0.717, 1.165) is 83.5 Å². The number of aromatic nitrogens is 4. The first kappa shape index (κ1) is 30.3. The van der Waals surface area contributed by atoms with E-state index in [0.29, 0.717) is 5.82 Å². The van der Waals surface area contributed by atoms with Crippen molar-refractivity contribution in [2.45, 2.75) is 6.92 Å². The average molecular weight is 653 g/mol. The first-order valence-corrected chi connectivity index (χ1v) is 17.1. The Balaban J connectivity index is 1.14. The topological polar surface area (TPSA) is 51.6 Å². The molecule has 9 rings (SSSR count). The molecule has 0 saturated heterocycles. The quantitative estimate of drug-likeness (QED) is 0.168. The van der Waals surface area contributed by atoms with Gasteiger partial charge in [0.1, 0.15) is 0 Å². The smallest absolute Gasteiger partial charge is 0.160 e. The van der Waals surface area contributed by atoms with Gasteiger partial charge in [0.25, 0.3) is 0 Å². The Bertz CT molecular complexity index is 2650. The molecule has 0 spiro atoms. The van der Waals surface area contributed by atoms with Crippen molar-refractivity contribution in [3.05, 3.63) is 182 Å². The van der Waals surface area contributed by atoms with Crippen LogP contribution >= 0.6 is 0 Å². The van der Waals surface area contributed by atoms with Gasteiger partial charge < -0.3 is 0 Å². The summed E-state index contributed by atoms with van der Waals surface area (Å²) in [6, 6.07) is 61.0. The molecule has 4 heteroatoms. The van der Waals surface area contributed by atoms with Gasteiger partial charge >= 0.3 is 0 Å². The van der Waals surface area contributed by atoms with Crippen LogP contribution in [0.25, 0.3) is 89.2 Å². The summed E-state index contributed by atoms with van der Waals surface area (Å²) < 4.78 is 0. The van der Waals surface area contributed by atoms with Crippen molar-refractivity contribution in [3.63, 3.8) is 0 Å². The molecule has 3 aromatic heterocycles. The Labute approximate surface area is 296 Å². The molecule has 0 unspecified atom stereocenters. The van der Waals surface area contributed by atoms with Gasteiger partial charge in [0.2, 0.25) is 0 Å². The van der Waals surface area contributed by atoms with E-state index in [4.69, 9.17) is 19.9 Å². The van der Waals surface area contributed by atoms with Crippen molar-refractivity contribution in [1.82, 2.24) is 19.9 Å². The molecule has 0 aliphatic carbocycles. The molecule has 0 aliphatic heterocycles. The van der Waals surface area contributed by atoms with Crippen LogP contribution in [0.2, 0.25) is 0 Å². The fourth-order valence-electron chi connectivity index (χ4n) is 6.71. The summed E-state index contributed by atoms with van der Waals surface area (Å²) in [6.45, 7) is 2.03. The van der Waals surface area contributed by atoms with Crippen LogP contribution < -0.4 is 0 Å². The maximum Gasteiger partial charge on any atom is 0.160 e. The molecular weight excluding hydrogens is 621 g/mol. The molecule has 0 aliphatic rings. The number of hydrogen-bond donors (Lipinski definition) is 0. The number of benzene rings is 6. The molecule has 0 N–H and O–H groups in total. The highest BCUT2D eigenvalue weighted by atomic mass is 14.9. The molecule has 240 valence electrons. The molecule has 0 amide bonds. The number of fused-ring (bicyclic) bond motifs is 3. The number of rotatable bonds is 6. The minimum atomic E-state index is 0.688. The summed E-state index contributed by atoms with van der Waals surface area (Å²) in [5, 5.41) is 2.17. The lowest BCUT2D eigenvalue weighted by Gasteiger charge is -2.13. The maximum atomic E-state index is 5.25. The number of hydrogen-bond acceptors (Lipinski definition) is 4. The van der Waals surface area contributed by atoms with Crippen molar-refractivity contribution < 1.29 is 0 Å². The minimum Gasteiger partial charge on any atom is -0.251 e. The van der Waals surface area contributed by atoms with Gasteiger partial charge in [-0.15, -0.1) is 0 Å². The Morgan fingerprint density at radius 2 is 0.804 bits per heavy atom. The first-order chi connectivity index (χ1) is 25.2. The minimum absolute atomic E-state index is 0.688. The molecule has 0 fully saturated rings. The van der Waals surface area contributed by atoms with E-state index in [1.54, 1.807) is 0 Å². The third kappa shape index (κ3) is 5.94. The number of aryl methyl sites for hydroxylation is 1. The van der Waals surface area contributed by atoms with Crippen LogP contribution in [0.4, 0.5) is 0 Å². The van der Waals surface area contributed by atoms with Gasteiger partial charge in [0.15, 0.2) is 5.82 Å². The normalized spacial score (nSPS) is 11.2. The molecule has 0 radical (unpaired) electrons. The highest BCUT2D eigenvalue weighted by molar-refractivity contribution is 6.09. The van der Waals surface area contributed by atoms with Crippen molar-refractivity contribution in [3.8, 4) is 67.4 Å². The van der Waals surface area contributed by atoms with Gasteiger partial charge in [-0.05, 0) is 47.4 Å². The van der Waals surface area contributed by atoms with Crippen LogP contribution in [-0.4, -0.2) is 19.9 Å². The third-order valence-electron chi connectivity index (χ3n) is 9.39. The molecule has 0 atom stereocenters. The van der Waals surface area contributed by atoms with Gasteiger partial charge in [-0.3, -0.25) is 4.98 Å². The van der Waals surface area contributed by atoms with Gasteiger partial charge in [-0.2, -0.15) is 0 Å². The van der Waals surface area contributed by atoms with Crippen LogP contribution in [0.3, 0.4) is 0 Å². The summed E-state index contributed by atoms with van der Waals surface area (Å²) in [5.41, 5.74) is 14.1. The molecule has 51 heavy (non-hydrogen) atoms. The fourth-order valence-corrected chi connectivity index (χ4v) is 6.71. The Kier molecular flexibility index (Phi) is 7.67. The highest BCUT2D eigenvalue weighted by Crippen LogP contribution is 2.36. The lowest BCUT2D eigenvalue weighted by atomic mass is 9.96. The summed E-state index contributed by atoms with van der Waals surface area (Å²) in [5.74, 6) is 0.688. The average Bonchev–Trinajstić information content (AvgIpc) is 3.21. The van der Waals surface area contributed by atoms with E-state index >= 15 is 0 Å². The Morgan fingerprint density at radius 1 is 0.333 bits per heavy atom. The molecule has 9 aromatic rings. The second-order valence-electron chi connectivity index (χ2n) is 12.8. The van der Waals surface area contributed by atoms with Gasteiger partial charge in [0.05, 0.1) is 28.1 Å². The summed E-state index contributed by atoms with van der Waals surface area (Å²) in [6.07, 6.45) is 0. The zero-order valence-electron chi connectivity index (χ0n) is 28.0. The van der Waals surface area contributed by atoms with Crippen molar-refractivity contribution in [2.24, 2.45) is 0 Å². The maximum absolute atomic E-state index is 5.25. The number of nitrogens with zero attached hydrogens (tertiary/aromatic N) is 4. The second kappa shape index (κ2) is 12.9. The molecule has 6 aromatic carbocycles. The Hall–Kier alpha value is -6.78. The monoisotopic (exact) mass is 652 g/mol. The van der Waals surface area contributed by atoms with Crippen LogP contribution in [0.15, 0.2) is 176 Å². The fraction of sp³-hybridized carbons (Fsp3) is 0.0213. The molecule has 0 saturated carbocycles. The van der Waals surface area contributed by atoms with Gasteiger partial charge in [-0.1, -0.05) is 158 Å². The lowest BCUT2D eigenvalue weighted by molar-refractivity contribution is 1.18. The first-order valence-electron chi connectivity index (χ1n) is 17.1. The zero-order valence-corrected chi connectivity index (χ0v) is 28.0. The molecular formula is C47H32N4. The van der Waals surface area contributed by atoms with Gasteiger partial charge in [-0.25, -0.2) is 15.0 Å². The lowest BCUT2D eigenvalue weighted by Crippen LogP contribution is -1.96. The Morgan fingerprint density at radius 3 is 1.43 bits per heavy atom. The molecule has 4 nitrogen and oxygen atoms in total. The SMILES string of the molecule is Cc1ccc2ccc3c(-c4ccccc4)cc(-c4ccc(-c5cc(-c6ccccc6)nc(-c6ccc(-c7ccccc7)cc6)n5)cc4)nc3c2n1. The molecule has 0 bridgehead atoms. The van der Waals surface area contributed by atoms with Crippen LogP contribution in [0.5, 0.6) is 0 Å². The standard InChI is InChI=1S/C47H32N4/c1-31-17-18-38-27-28-40-41(34-13-7-3-8-14-34)29-42(49-46(40)45(38)48-31)36-21-23-37(24-22-36)44-30-43(35-15-9-4-10-16-35)50-47(51-44)39-25-19-33(20-26-39)32-11-5-2-6-12-32/h2-30H,1H3. The van der Waals surface area contributed by atoms with E-state index in [2.05, 4.69) is 146 Å². The van der Waals surface area contributed by atoms with Crippen molar-refractivity contribution >= 4 is 21.8 Å². The van der Waals surface area contributed by atoms with Crippen LogP contribution in [0.1, 0.15) is 5.69 Å². The predicted octanol–water partition coefficient (Wildman–Crippen LogP) is 11.9. The van der Waals surface area contributed by atoms with Crippen LogP contribution in [-0.2, 0) is 0 Å². The van der Waals surface area contributed by atoms with Crippen molar-refractivity contribution in [2.75, 3.05) is 0 Å². The number of pyridine rings is 2. The summed E-state index contributed by atoms with van der Waals surface area (Å²) in [4.78, 5) is 20.3. The van der Waals surface area contributed by atoms with Crippen LogP contribution in [0, 0.1) is 6.92 Å². The van der Waals surface area contributed by atoms with E-state index in [-0.39, 0.29) is 0 Å². The summed E-state index contributed by atoms with van der Waals surface area (Å²) in [7, 11) is 0. The summed E-state index contributed by atoms with van der Waals surface area (Å²) >= 11 is 0. The van der Waals surface area contributed by atoms with E-state index in [9.17, 15) is 0 Å². The van der Waals surface area contributed by atoms with E-state index in [1.165, 1.54) is 5.56 Å². The van der Waals surface area contributed by atoms with Gasteiger partial charge in [0, 0.05) is 38.7 Å². The van der Waals surface area contributed by atoms with Crippen molar-refractivity contribution in [1.29, 1.82) is 0 Å². The highest BCUT2D eigenvalue weighted by Gasteiger charge is 2.15. The second-order valence-corrected chi connectivity index (χ2v) is 12.8. The largest absolute Gasteiger partial charge is 0.251 e. The predicted molar refractivity (Wildman–Crippen MR) is 210 cm³/mol. The third-order valence-corrected chi connectivity index (χ3v) is 9.39.